The molecule has 0 aromatic heterocycles. The lowest BCUT2D eigenvalue weighted by Gasteiger charge is -2.28. The highest BCUT2D eigenvalue weighted by Gasteiger charge is 2.31. The molecule has 0 fully saturated rings. The highest BCUT2D eigenvalue weighted by molar-refractivity contribution is 14.0. The van der Waals surface area contributed by atoms with Crippen LogP contribution in [0.3, 0.4) is 0 Å². The smallest absolute Gasteiger partial charge is 0.128 e. The van der Waals surface area contributed by atoms with Crippen molar-refractivity contribution in [2.75, 3.05) is 29.6 Å². The molecule has 2 N–H and O–H groups in total. The first-order chi connectivity index (χ1) is 8.68. The van der Waals surface area contributed by atoms with E-state index in [-0.39, 0.29) is 30.1 Å². The van der Waals surface area contributed by atoms with Crippen molar-refractivity contribution >= 4 is 41.0 Å². The van der Waals surface area contributed by atoms with Gasteiger partial charge in [-0.3, -0.25) is 0 Å². The minimum atomic E-state index is 0. The second-order valence-electron chi connectivity index (χ2n) is 4.75. The summed E-state index contributed by atoms with van der Waals surface area (Å²) in [5.74, 6) is 0. The van der Waals surface area contributed by atoms with Gasteiger partial charge in [0.05, 0.1) is 11.4 Å². The molecule has 0 saturated heterocycles. The third-order valence-corrected chi connectivity index (χ3v) is 3.58. The fraction of sp³-hybridized carbons (Fsp3) is 0.200. The van der Waals surface area contributed by atoms with Crippen LogP contribution < -0.4 is 15.5 Å². The van der Waals surface area contributed by atoms with Crippen molar-refractivity contribution in [3.63, 3.8) is 0 Å². The van der Waals surface area contributed by atoms with E-state index in [1.54, 1.807) is 0 Å². The van der Waals surface area contributed by atoms with E-state index in [0.29, 0.717) is 0 Å². The first-order valence-electron chi connectivity index (χ1n) is 6.08. The maximum Gasteiger partial charge on any atom is 0.128 e. The molecule has 3 nitrogen and oxygen atoms in total. The second-order valence-corrected chi connectivity index (χ2v) is 4.75. The Morgan fingerprint density at radius 3 is 2.00 bits per heavy atom. The standard InChI is InChI=1S/C15H17N3.HI/c1-17-13-8-3-4-9-14(13)18(2)15(17)11-6-5-7-12(16)10-11;/h3-10,15H,16H2,1-2H3;1H. The number of rotatable bonds is 1. The van der Waals surface area contributed by atoms with Crippen LogP contribution in [0.5, 0.6) is 0 Å². The summed E-state index contributed by atoms with van der Waals surface area (Å²) in [6, 6.07) is 16.6. The molecule has 0 aliphatic carbocycles. The van der Waals surface area contributed by atoms with Crippen LogP contribution in [0.15, 0.2) is 48.5 Å². The van der Waals surface area contributed by atoms with E-state index < -0.39 is 0 Å². The van der Waals surface area contributed by atoms with Crippen molar-refractivity contribution in [1.82, 2.24) is 0 Å². The van der Waals surface area contributed by atoms with Crippen molar-refractivity contribution in [2.24, 2.45) is 0 Å². The molecule has 0 spiro atoms. The molecule has 0 amide bonds. The maximum absolute atomic E-state index is 5.89. The number of para-hydroxylation sites is 2. The minimum Gasteiger partial charge on any atom is -0.399 e. The van der Waals surface area contributed by atoms with Crippen LogP contribution in [0, 0.1) is 0 Å². The van der Waals surface area contributed by atoms with E-state index in [9.17, 15) is 0 Å². The van der Waals surface area contributed by atoms with Gasteiger partial charge in [0.1, 0.15) is 6.17 Å². The van der Waals surface area contributed by atoms with E-state index in [1.165, 1.54) is 16.9 Å². The SMILES string of the molecule is CN1c2ccccc2N(C)C1c1cccc(N)c1.I. The number of hydrogen-bond donors (Lipinski definition) is 1. The lowest BCUT2D eigenvalue weighted by atomic mass is 10.1. The van der Waals surface area contributed by atoms with Gasteiger partial charge in [0.25, 0.3) is 0 Å². The molecule has 0 radical (unpaired) electrons. The number of fused-ring (bicyclic) bond motifs is 1. The summed E-state index contributed by atoms with van der Waals surface area (Å²) in [6.07, 6.45) is 0.214. The molecule has 1 aliphatic rings. The van der Waals surface area contributed by atoms with E-state index >= 15 is 0 Å². The number of benzene rings is 2. The highest BCUT2D eigenvalue weighted by Crippen LogP contribution is 2.44. The zero-order valence-corrected chi connectivity index (χ0v) is 13.4. The zero-order valence-electron chi connectivity index (χ0n) is 11.1. The second kappa shape index (κ2) is 5.28. The lowest BCUT2D eigenvalue weighted by Crippen LogP contribution is -2.30. The minimum absolute atomic E-state index is 0. The van der Waals surface area contributed by atoms with Gasteiger partial charge in [-0.15, -0.1) is 24.0 Å². The van der Waals surface area contributed by atoms with Gasteiger partial charge in [0.2, 0.25) is 0 Å². The van der Waals surface area contributed by atoms with Gasteiger partial charge in [0.15, 0.2) is 0 Å². The average Bonchev–Trinajstić information content (AvgIpc) is 2.63. The van der Waals surface area contributed by atoms with Crippen LogP contribution in [0.4, 0.5) is 17.1 Å². The van der Waals surface area contributed by atoms with Crippen LogP contribution >= 0.6 is 24.0 Å². The number of anilines is 3. The van der Waals surface area contributed by atoms with E-state index in [4.69, 9.17) is 5.73 Å². The Kier molecular flexibility index (Phi) is 3.89. The predicted molar refractivity (Wildman–Crippen MR) is 92.3 cm³/mol. The monoisotopic (exact) mass is 367 g/mol. The molecule has 4 heteroatoms. The van der Waals surface area contributed by atoms with Crippen LogP contribution in [0.25, 0.3) is 0 Å². The molecule has 1 aliphatic heterocycles. The average molecular weight is 367 g/mol. The first-order valence-corrected chi connectivity index (χ1v) is 6.08. The van der Waals surface area contributed by atoms with Gasteiger partial charge in [0, 0.05) is 19.8 Å². The summed E-state index contributed by atoms with van der Waals surface area (Å²) in [4.78, 5) is 4.56. The summed E-state index contributed by atoms with van der Waals surface area (Å²) in [5.41, 5.74) is 10.4. The van der Waals surface area contributed by atoms with Crippen LogP contribution in [-0.4, -0.2) is 14.1 Å². The van der Waals surface area contributed by atoms with Crippen molar-refractivity contribution in [3.8, 4) is 0 Å². The molecule has 3 rings (SSSR count). The Balaban J connectivity index is 0.00000133. The topological polar surface area (TPSA) is 32.5 Å². The Hall–Kier alpha value is -1.43. The quantitative estimate of drug-likeness (QED) is 0.619. The molecule has 0 saturated carbocycles. The van der Waals surface area contributed by atoms with Gasteiger partial charge in [-0.05, 0) is 29.8 Å². The Labute approximate surface area is 131 Å². The summed E-state index contributed by atoms with van der Waals surface area (Å²) < 4.78 is 0. The third-order valence-electron chi connectivity index (χ3n) is 3.58. The molecule has 19 heavy (non-hydrogen) atoms. The summed E-state index contributed by atoms with van der Waals surface area (Å²) in [7, 11) is 4.24. The fourth-order valence-electron chi connectivity index (χ4n) is 2.75. The first kappa shape index (κ1) is 14.0. The number of halogens is 1. The molecule has 0 bridgehead atoms. The van der Waals surface area contributed by atoms with Gasteiger partial charge < -0.3 is 15.5 Å². The molecule has 0 unspecified atom stereocenters. The van der Waals surface area contributed by atoms with Crippen LogP contribution in [0.2, 0.25) is 0 Å². The Bertz CT molecular complexity index is 556. The predicted octanol–water partition coefficient (Wildman–Crippen LogP) is 3.47. The van der Waals surface area contributed by atoms with E-state index in [0.717, 1.165) is 5.69 Å². The van der Waals surface area contributed by atoms with Gasteiger partial charge in [-0.25, -0.2) is 0 Å². The van der Waals surface area contributed by atoms with Crippen molar-refractivity contribution < 1.29 is 0 Å². The van der Waals surface area contributed by atoms with Crippen molar-refractivity contribution in [2.45, 2.75) is 6.17 Å². The number of nitrogen functional groups attached to an aromatic ring is 1. The molecule has 2 aromatic rings. The number of nitrogens with two attached hydrogens (primary N) is 1. The lowest BCUT2D eigenvalue weighted by molar-refractivity contribution is 0.695. The summed E-state index contributed by atoms with van der Waals surface area (Å²) in [5, 5.41) is 0. The molecule has 1 heterocycles. The number of hydrogen-bond acceptors (Lipinski definition) is 3. The number of nitrogens with zero attached hydrogens (tertiary/aromatic N) is 2. The van der Waals surface area contributed by atoms with Crippen LogP contribution in [0.1, 0.15) is 11.7 Å². The molecular formula is C15H18IN3. The fourth-order valence-corrected chi connectivity index (χ4v) is 2.75. The molecule has 100 valence electrons. The summed E-state index contributed by atoms with van der Waals surface area (Å²) in [6.45, 7) is 0. The Morgan fingerprint density at radius 1 is 0.895 bits per heavy atom. The van der Waals surface area contributed by atoms with Gasteiger partial charge in [-0.2, -0.15) is 0 Å². The highest BCUT2D eigenvalue weighted by atomic mass is 127. The largest absolute Gasteiger partial charge is 0.399 e. The zero-order chi connectivity index (χ0) is 12.7. The van der Waals surface area contributed by atoms with Crippen LogP contribution in [-0.2, 0) is 0 Å². The molecular weight excluding hydrogens is 349 g/mol. The Morgan fingerprint density at radius 2 is 1.47 bits per heavy atom. The van der Waals surface area contributed by atoms with Crippen molar-refractivity contribution in [1.29, 1.82) is 0 Å². The maximum atomic E-state index is 5.89. The van der Waals surface area contributed by atoms with E-state index in [1.807, 2.05) is 18.2 Å². The third kappa shape index (κ3) is 2.25. The van der Waals surface area contributed by atoms with Crippen molar-refractivity contribution in [3.05, 3.63) is 54.1 Å². The van der Waals surface area contributed by atoms with E-state index in [2.05, 4.69) is 54.2 Å². The molecule has 0 atom stereocenters. The molecule has 2 aromatic carbocycles. The normalized spacial score (nSPS) is 14.2. The summed E-state index contributed by atoms with van der Waals surface area (Å²) >= 11 is 0. The van der Waals surface area contributed by atoms with Gasteiger partial charge in [-0.1, -0.05) is 24.3 Å². The van der Waals surface area contributed by atoms with Gasteiger partial charge >= 0.3 is 0 Å².